The molecule has 1 aliphatic carbocycles. The zero-order valence-electron chi connectivity index (χ0n) is 6.75. The smallest absolute Gasteiger partial charge is 0.202 e. The van der Waals surface area contributed by atoms with E-state index in [1.54, 1.807) is 0 Å². The van der Waals surface area contributed by atoms with Crippen LogP contribution >= 0.6 is 23.1 Å². The fourth-order valence-electron chi connectivity index (χ4n) is 1.20. The molecule has 0 aromatic carbocycles. The molecule has 3 nitrogen and oxygen atoms in total. The number of hydrogen-bond donors (Lipinski definition) is 1. The first-order valence-electron chi connectivity index (χ1n) is 3.95. The molecule has 1 fully saturated rings. The number of nitrogens with one attached hydrogen (secondary N) is 1. The van der Waals surface area contributed by atoms with Gasteiger partial charge in [-0.05, 0) is 19.8 Å². The van der Waals surface area contributed by atoms with Crippen LogP contribution in [0.2, 0.25) is 0 Å². The highest BCUT2D eigenvalue weighted by Crippen LogP contribution is 2.28. The van der Waals surface area contributed by atoms with Crippen LogP contribution in [0, 0.1) is 6.92 Å². The number of rotatable bonds is 2. The van der Waals surface area contributed by atoms with Gasteiger partial charge in [0.2, 0.25) is 5.13 Å². The summed E-state index contributed by atoms with van der Waals surface area (Å²) in [5.41, 5.74) is 0. The van der Waals surface area contributed by atoms with Crippen LogP contribution in [-0.4, -0.2) is 20.8 Å². The van der Waals surface area contributed by atoms with Gasteiger partial charge in [-0.15, -0.1) is 11.6 Å². The summed E-state index contributed by atoms with van der Waals surface area (Å²) in [5, 5.41) is 4.57. The van der Waals surface area contributed by atoms with Gasteiger partial charge in [0.15, 0.2) is 0 Å². The third-order valence-electron chi connectivity index (χ3n) is 1.94. The molecule has 1 aliphatic rings. The molecule has 0 saturated heterocycles. The van der Waals surface area contributed by atoms with Crippen molar-refractivity contribution in [3.8, 4) is 0 Å². The van der Waals surface area contributed by atoms with Gasteiger partial charge in [-0.1, -0.05) is 0 Å². The zero-order chi connectivity index (χ0) is 8.55. The van der Waals surface area contributed by atoms with Crippen molar-refractivity contribution in [2.24, 2.45) is 0 Å². The van der Waals surface area contributed by atoms with Gasteiger partial charge in [0, 0.05) is 23.0 Å². The number of aryl methyl sites for hydroxylation is 1. The first-order chi connectivity index (χ1) is 5.74. The van der Waals surface area contributed by atoms with Gasteiger partial charge >= 0.3 is 0 Å². The van der Waals surface area contributed by atoms with Crippen molar-refractivity contribution >= 4 is 28.3 Å². The van der Waals surface area contributed by atoms with E-state index in [0.717, 1.165) is 23.8 Å². The summed E-state index contributed by atoms with van der Waals surface area (Å²) in [6, 6.07) is 0.514. The van der Waals surface area contributed by atoms with Gasteiger partial charge in [0.05, 0.1) is 0 Å². The number of nitrogens with zero attached hydrogens (tertiary/aromatic N) is 2. The monoisotopic (exact) mass is 203 g/mol. The first kappa shape index (κ1) is 8.26. The van der Waals surface area contributed by atoms with Crippen LogP contribution in [0.25, 0.3) is 0 Å². The lowest BCUT2D eigenvalue weighted by Gasteiger charge is -2.31. The minimum absolute atomic E-state index is 0.358. The Morgan fingerprint density at radius 2 is 2.33 bits per heavy atom. The van der Waals surface area contributed by atoms with Crippen molar-refractivity contribution in [2.45, 2.75) is 31.2 Å². The molecule has 0 spiro atoms. The van der Waals surface area contributed by atoms with Crippen molar-refractivity contribution in [1.82, 2.24) is 9.36 Å². The second kappa shape index (κ2) is 3.18. The van der Waals surface area contributed by atoms with Crippen molar-refractivity contribution in [1.29, 1.82) is 0 Å². The van der Waals surface area contributed by atoms with Crippen molar-refractivity contribution in [3.63, 3.8) is 0 Å². The van der Waals surface area contributed by atoms with Crippen LogP contribution < -0.4 is 5.32 Å². The predicted molar refractivity (Wildman–Crippen MR) is 50.9 cm³/mol. The maximum absolute atomic E-state index is 5.84. The highest BCUT2D eigenvalue weighted by atomic mass is 35.5. The quantitative estimate of drug-likeness (QED) is 0.748. The normalized spacial score (nSPS) is 28.2. The third kappa shape index (κ3) is 1.69. The molecule has 0 unspecified atom stereocenters. The van der Waals surface area contributed by atoms with Crippen LogP contribution in [-0.2, 0) is 0 Å². The molecule has 0 bridgehead atoms. The molecule has 1 N–H and O–H groups in total. The van der Waals surface area contributed by atoms with Crippen molar-refractivity contribution < 1.29 is 0 Å². The van der Waals surface area contributed by atoms with Gasteiger partial charge in [-0.25, -0.2) is 4.98 Å². The van der Waals surface area contributed by atoms with Gasteiger partial charge in [0.1, 0.15) is 5.82 Å². The van der Waals surface area contributed by atoms with Gasteiger partial charge < -0.3 is 5.32 Å². The fraction of sp³-hybridized carbons (Fsp3) is 0.714. The SMILES string of the molecule is Cc1nsc(NC2CC(Cl)C2)n1. The van der Waals surface area contributed by atoms with E-state index in [0.29, 0.717) is 11.4 Å². The number of aromatic nitrogens is 2. The van der Waals surface area contributed by atoms with Crippen LogP contribution in [0.1, 0.15) is 18.7 Å². The van der Waals surface area contributed by atoms with E-state index in [1.165, 1.54) is 11.5 Å². The molecule has 5 heteroatoms. The van der Waals surface area contributed by atoms with Gasteiger partial charge in [0.25, 0.3) is 0 Å². The molecule has 2 rings (SSSR count). The molecule has 0 atom stereocenters. The molecule has 1 heterocycles. The summed E-state index contributed by atoms with van der Waals surface area (Å²) in [6.07, 6.45) is 2.08. The average Bonchev–Trinajstić information content (AvgIpc) is 2.33. The molecule has 0 aliphatic heterocycles. The number of halogens is 1. The third-order valence-corrected chi connectivity index (χ3v) is 3.03. The average molecular weight is 204 g/mol. The van der Waals surface area contributed by atoms with Crippen LogP contribution in [0.5, 0.6) is 0 Å². The lowest BCUT2D eigenvalue weighted by Crippen LogP contribution is -2.35. The lowest BCUT2D eigenvalue weighted by atomic mass is 9.93. The molecule has 12 heavy (non-hydrogen) atoms. The molecule has 0 amide bonds. The molecule has 1 saturated carbocycles. The molecular formula is C7H10ClN3S. The van der Waals surface area contributed by atoms with E-state index in [-0.39, 0.29) is 0 Å². The van der Waals surface area contributed by atoms with Crippen LogP contribution in [0.15, 0.2) is 0 Å². The summed E-state index contributed by atoms with van der Waals surface area (Å²) in [5.74, 6) is 0.837. The first-order valence-corrected chi connectivity index (χ1v) is 5.16. The summed E-state index contributed by atoms with van der Waals surface area (Å²) in [4.78, 5) is 4.21. The maximum atomic E-state index is 5.84. The van der Waals surface area contributed by atoms with E-state index < -0.39 is 0 Å². The Morgan fingerprint density at radius 1 is 1.58 bits per heavy atom. The van der Waals surface area contributed by atoms with Gasteiger partial charge in [-0.2, -0.15) is 4.37 Å². The standard InChI is InChI=1S/C7H10ClN3S/c1-4-9-7(12-11-4)10-6-2-5(8)3-6/h5-6H,2-3H2,1H3,(H,9,10,11). The van der Waals surface area contributed by atoms with Gasteiger partial charge in [-0.3, -0.25) is 0 Å². The molecule has 1 aromatic heterocycles. The highest BCUT2D eigenvalue weighted by Gasteiger charge is 2.27. The van der Waals surface area contributed by atoms with E-state index in [2.05, 4.69) is 14.7 Å². The molecule has 66 valence electrons. The van der Waals surface area contributed by atoms with Crippen molar-refractivity contribution in [2.75, 3.05) is 5.32 Å². The van der Waals surface area contributed by atoms with Crippen LogP contribution in [0.3, 0.4) is 0 Å². The summed E-state index contributed by atoms with van der Waals surface area (Å²) >= 11 is 7.26. The second-order valence-corrected chi connectivity index (χ2v) is 4.43. The summed E-state index contributed by atoms with van der Waals surface area (Å²) in [7, 11) is 0. The topological polar surface area (TPSA) is 37.8 Å². The van der Waals surface area contributed by atoms with Crippen LogP contribution in [0.4, 0.5) is 5.13 Å². The Hall–Kier alpha value is -0.350. The number of anilines is 1. The van der Waals surface area contributed by atoms with E-state index in [4.69, 9.17) is 11.6 Å². The number of hydrogen-bond acceptors (Lipinski definition) is 4. The fourth-order valence-corrected chi connectivity index (χ4v) is 2.28. The number of alkyl halides is 1. The predicted octanol–water partition coefficient (Wildman–Crippen LogP) is 2.03. The molecule has 1 aromatic rings. The molecule has 0 radical (unpaired) electrons. The maximum Gasteiger partial charge on any atom is 0.202 e. The Labute approximate surface area is 80.3 Å². The Bertz CT molecular complexity index is 269. The lowest BCUT2D eigenvalue weighted by molar-refractivity contribution is 0.454. The summed E-state index contributed by atoms with van der Waals surface area (Å²) in [6.45, 7) is 1.90. The molecular weight excluding hydrogens is 194 g/mol. The largest absolute Gasteiger partial charge is 0.357 e. The minimum Gasteiger partial charge on any atom is -0.357 e. The zero-order valence-corrected chi connectivity index (χ0v) is 8.32. The Kier molecular flexibility index (Phi) is 2.19. The van der Waals surface area contributed by atoms with E-state index in [1.807, 2.05) is 6.92 Å². The summed E-state index contributed by atoms with van der Waals surface area (Å²) < 4.78 is 4.08. The van der Waals surface area contributed by atoms with E-state index >= 15 is 0 Å². The van der Waals surface area contributed by atoms with Crippen molar-refractivity contribution in [3.05, 3.63) is 5.82 Å². The Balaban J connectivity index is 1.88. The highest BCUT2D eigenvalue weighted by molar-refractivity contribution is 7.09. The minimum atomic E-state index is 0.358. The second-order valence-electron chi connectivity index (χ2n) is 3.06. The Morgan fingerprint density at radius 3 is 2.83 bits per heavy atom. The van der Waals surface area contributed by atoms with E-state index in [9.17, 15) is 0 Å².